The Morgan fingerprint density at radius 2 is 2.00 bits per heavy atom. The maximum atomic E-state index is 10.4. The summed E-state index contributed by atoms with van der Waals surface area (Å²) in [7, 11) is 0. The lowest BCUT2D eigenvalue weighted by Crippen LogP contribution is -2.19. The van der Waals surface area contributed by atoms with E-state index in [0.29, 0.717) is 13.1 Å². The van der Waals surface area contributed by atoms with Crippen molar-refractivity contribution in [3.05, 3.63) is 46.5 Å². The average molecular weight is 270 g/mol. The van der Waals surface area contributed by atoms with Gasteiger partial charge in [-0.05, 0) is 17.7 Å². The van der Waals surface area contributed by atoms with Crippen LogP contribution in [-0.2, 0) is 11.3 Å². The van der Waals surface area contributed by atoms with Crippen molar-refractivity contribution in [1.82, 2.24) is 5.32 Å². The van der Waals surface area contributed by atoms with Gasteiger partial charge >= 0.3 is 5.97 Å². The molecule has 2 N–H and O–H groups in total. The summed E-state index contributed by atoms with van der Waals surface area (Å²) in [6.45, 7) is 4.37. The van der Waals surface area contributed by atoms with Gasteiger partial charge in [0.15, 0.2) is 0 Å². The van der Waals surface area contributed by atoms with Crippen LogP contribution in [0.4, 0.5) is 0 Å². The number of carbonyl (C=O) groups is 1. The van der Waals surface area contributed by atoms with E-state index in [1.54, 1.807) is 0 Å². The van der Waals surface area contributed by atoms with Crippen LogP contribution in [0.25, 0.3) is 0 Å². The third-order valence-electron chi connectivity index (χ3n) is 1.88. The lowest BCUT2D eigenvalue weighted by Gasteiger charge is -2.04. The van der Waals surface area contributed by atoms with E-state index < -0.39 is 5.97 Å². The van der Waals surface area contributed by atoms with Crippen molar-refractivity contribution in [2.24, 2.45) is 0 Å². The smallest absolute Gasteiger partial charge is 0.332 e. The van der Waals surface area contributed by atoms with Crippen molar-refractivity contribution >= 4 is 21.9 Å². The van der Waals surface area contributed by atoms with Crippen molar-refractivity contribution in [3.8, 4) is 0 Å². The van der Waals surface area contributed by atoms with Crippen molar-refractivity contribution in [2.75, 3.05) is 6.54 Å². The summed E-state index contributed by atoms with van der Waals surface area (Å²) >= 11 is 3.34. The van der Waals surface area contributed by atoms with E-state index in [1.165, 1.54) is 0 Å². The normalized spacial score (nSPS) is 9.93. The molecule has 80 valence electrons. The minimum Gasteiger partial charge on any atom is -0.478 e. The van der Waals surface area contributed by atoms with E-state index in [-0.39, 0.29) is 5.57 Å². The van der Waals surface area contributed by atoms with Crippen LogP contribution < -0.4 is 5.32 Å². The molecule has 0 saturated carbocycles. The van der Waals surface area contributed by atoms with Gasteiger partial charge in [-0.3, -0.25) is 0 Å². The number of hydrogen-bond donors (Lipinski definition) is 2. The molecule has 0 saturated heterocycles. The summed E-state index contributed by atoms with van der Waals surface area (Å²) in [5, 5.41) is 11.6. The van der Waals surface area contributed by atoms with E-state index in [0.717, 1.165) is 10.0 Å². The van der Waals surface area contributed by atoms with E-state index in [2.05, 4.69) is 27.8 Å². The predicted octanol–water partition coefficient (Wildman–Crippen LogP) is 2.18. The molecule has 0 aliphatic rings. The Morgan fingerprint density at radius 3 is 2.53 bits per heavy atom. The Balaban J connectivity index is 2.35. The topological polar surface area (TPSA) is 49.3 Å². The first-order valence-corrected chi connectivity index (χ1v) is 5.25. The van der Waals surface area contributed by atoms with Gasteiger partial charge in [0.25, 0.3) is 0 Å². The number of hydrogen-bond acceptors (Lipinski definition) is 2. The van der Waals surface area contributed by atoms with Gasteiger partial charge in [0.2, 0.25) is 0 Å². The molecule has 0 amide bonds. The third kappa shape index (κ3) is 4.27. The van der Waals surface area contributed by atoms with Gasteiger partial charge in [0.05, 0.1) is 0 Å². The second-order valence-corrected chi connectivity index (χ2v) is 4.05. The van der Waals surface area contributed by atoms with E-state index >= 15 is 0 Å². The molecule has 0 aromatic heterocycles. The first-order chi connectivity index (χ1) is 7.09. The highest BCUT2D eigenvalue weighted by atomic mass is 79.9. The second kappa shape index (κ2) is 5.68. The Hall–Kier alpha value is -1.13. The molecule has 0 fully saturated rings. The lowest BCUT2D eigenvalue weighted by atomic mass is 10.2. The lowest BCUT2D eigenvalue weighted by molar-refractivity contribution is -0.132. The molecule has 0 heterocycles. The summed E-state index contributed by atoms with van der Waals surface area (Å²) in [6, 6.07) is 7.84. The summed E-state index contributed by atoms with van der Waals surface area (Å²) in [4.78, 5) is 10.4. The zero-order valence-electron chi connectivity index (χ0n) is 8.16. The Morgan fingerprint density at radius 1 is 1.40 bits per heavy atom. The van der Waals surface area contributed by atoms with Crippen LogP contribution in [-0.4, -0.2) is 17.6 Å². The number of rotatable bonds is 5. The molecule has 0 unspecified atom stereocenters. The molecule has 1 rings (SSSR count). The molecule has 0 spiro atoms. The molecule has 15 heavy (non-hydrogen) atoms. The fourth-order valence-electron chi connectivity index (χ4n) is 1.04. The molecule has 0 radical (unpaired) electrons. The van der Waals surface area contributed by atoms with Gasteiger partial charge in [0, 0.05) is 23.1 Å². The Bertz CT molecular complexity index is 359. The number of carboxylic acids is 1. The molecular weight excluding hydrogens is 258 g/mol. The zero-order valence-corrected chi connectivity index (χ0v) is 9.75. The van der Waals surface area contributed by atoms with Crippen LogP contribution in [0.15, 0.2) is 40.9 Å². The Labute approximate surface area is 96.9 Å². The maximum absolute atomic E-state index is 10.4. The highest BCUT2D eigenvalue weighted by molar-refractivity contribution is 9.10. The molecule has 1 aromatic rings. The Kier molecular flexibility index (Phi) is 4.52. The summed E-state index contributed by atoms with van der Waals surface area (Å²) < 4.78 is 1.03. The zero-order chi connectivity index (χ0) is 11.3. The third-order valence-corrected chi connectivity index (χ3v) is 2.41. The number of nitrogens with one attached hydrogen (secondary N) is 1. The quantitative estimate of drug-likeness (QED) is 0.806. The van der Waals surface area contributed by atoms with Crippen molar-refractivity contribution in [2.45, 2.75) is 6.54 Å². The SMILES string of the molecule is C=C(CNCc1ccc(Br)cc1)C(=O)O. The molecule has 4 heteroatoms. The molecule has 0 aliphatic carbocycles. The fraction of sp³-hybridized carbons (Fsp3) is 0.182. The van der Waals surface area contributed by atoms with E-state index in [1.807, 2.05) is 24.3 Å². The highest BCUT2D eigenvalue weighted by Crippen LogP contribution is 2.10. The molecule has 0 bridgehead atoms. The van der Waals surface area contributed by atoms with Crippen LogP contribution in [0.5, 0.6) is 0 Å². The van der Waals surface area contributed by atoms with Gasteiger partial charge in [-0.1, -0.05) is 34.6 Å². The average Bonchev–Trinajstić information content (AvgIpc) is 2.20. The van der Waals surface area contributed by atoms with Gasteiger partial charge in [-0.25, -0.2) is 4.79 Å². The standard InChI is InChI=1S/C11H12BrNO2/c1-8(11(14)15)6-13-7-9-2-4-10(12)5-3-9/h2-5,13H,1,6-7H2,(H,14,15). The minimum atomic E-state index is -0.960. The largest absolute Gasteiger partial charge is 0.478 e. The molecule has 3 nitrogen and oxygen atoms in total. The first kappa shape index (κ1) is 11.9. The fourth-order valence-corrected chi connectivity index (χ4v) is 1.30. The number of aliphatic carboxylic acids is 1. The molecular formula is C11H12BrNO2. The molecule has 0 atom stereocenters. The van der Waals surface area contributed by atoms with Crippen molar-refractivity contribution in [3.63, 3.8) is 0 Å². The number of carboxylic acid groups (broad SMARTS) is 1. The minimum absolute atomic E-state index is 0.173. The summed E-state index contributed by atoms with van der Waals surface area (Å²) in [5.74, 6) is -0.960. The monoisotopic (exact) mass is 269 g/mol. The number of benzene rings is 1. The van der Waals surface area contributed by atoms with Crippen LogP contribution in [0.3, 0.4) is 0 Å². The van der Waals surface area contributed by atoms with E-state index in [9.17, 15) is 4.79 Å². The highest BCUT2D eigenvalue weighted by Gasteiger charge is 2.02. The van der Waals surface area contributed by atoms with E-state index in [4.69, 9.17) is 5.11 Å². The van der Waals surface area contributed by atoms with Crippen LogP contribution in [0, 0.1) is 0 Å². The molecule has 1 aromatic carbocycles. The van der Waals surface area contributed by atoms with Crippen molar-refractivity contribution < 1.29 is 9.90 Å². The van der Waals surface area contributed by atoms with Crippen LogP contribution in [0.2, 0.25) is 0 Å². The first-order valence-electron chi connectivity index (χ1n) is 4.46. The van der Waals surface area contributed by atoms with Gasteiger partial charge in [-0.15, -0.1) is 0 Å². The maximum Gasteiger partial charge on any atom is 0.332 e. The molecule has 0 aliphatic heterocycles. The second-order valence-electron chi connectivity index (χ2n) is 3.14. The van der Waals surface area contributed by atoms with Crippen LogP contribution in [0.1, 0.15) is 5.56 Å². The summed E-state index contributed by atoms with van der Waals surface area (Å²) in [5.41, 5.74) is 1.28. The van der Waals surface area contributed by atoms with Crippen LogP contribution >= 0.6 is 15.9 Å². The van der Waals surface area contributed by atoms with Crippen molar-refractivity contribution in [1.29, 1.82) is 0 Å². The van der Waals surface area contributed by atoms with Gasteiger partial charge in [0.1, 0.15) is 0 Å². The number of halogens is 1. The predicted molar refractivity (Wildman–Crippen MR) is 62.6 cm³/mol. The van der Waals surface area contributed by atoms with Gasteiger partial charge in [-0.2, -0.15) is 0 Å². The van der Waals surface area contributed by atoms with Gasteiger partial charge < -0.3 is 10.4 Å². The summed E-state index contributed by atoms with van der Waals surface area (Å²) in [6.07, 6.45) is 0.